The van der Waals surface area contributed by atoms with Crippen LogP contribution in [0.25, 0.3) is 0 Å². The summed E-state index contributed by atoms with van der Waals surface area (Å²) in [6.45, 7) is 6.60. The van der Waals surface area contributed by atoms with Crippen LogP contribution in [0.3, 0.4) is 0 Å². The molecule has 0 aromatic rings. The van der Waals surface area contributed by atoms with Crippen LogP contribution >= 0.6 is 0 Å². The van der Waals surface area contributed by atoms with Crippen LogP contribution in [0.15, 0.2) is 11.6 Å². The van der Waals surface area contributed by atoms with E-state index >= 15 is 0 Å². The molecule has 0 radical (unpaired) electrons. The van der Waals surface area contributed by atoms with Crippen LogP contribution in [0.5, 0.6) is 0 Å². The molecule has 1 N–H and O–H groups in total. The molecule has 1 aliphatic carbocycles. The maximum absolute atomic E-state index is 9.26. The van der Waals surface area contributed by atoms with Gasteiger partial charge in [0.05, 0.1) is 6.10 Å². The molecule has 0 aromatic heterocycles. The molecule has 0 amide bonds. The topological polar surface area (TPSA) is 20.2 Å². The molecule has 1 unspecified atom stereocenters. The van der Waals surface area contributed by atoms with E-state index in [-0.39, 0.29) is 11.5 Å². The quantitative estimate of drug-likeness (QED) is 0.531. The first kappa shape index (κ1) is 8.79. The number of aliphatic hydroxyl groups excluding tert-OH is 1. The van der Waals surface area contributed by atoms with Crippen molar-refractivity contribution in [1.29, 1.82) is 0 Å². The smallest absolute Gasteiger partial charge is 0.0580 e. The summed E-state index contributed by atoms with van der Waals surface area (Å²) in [6.07, 6.45) is 5.18. The SMILES string of the molecule is CC(C)(C)/C=C1/CCC(O)C1. The summed E-state index contributed by atoms with van der Waals surface area (Å²) in [5.74, 6) is 0. The Balaban J connectivity index is 2.55. The van der Waals surface area contributed by atoms with Gasteiger partial charge in [0, 0.05) is 0 Å². The molecular weight excluding hydrogens is 136 g/mol. The highest BCUT2D eigenvalue weighted by Crippen LogP contribution is 2.29. The molecule has 0 bridgehead atoms. The van der Waals surface area contributed by atoms with Crippen molar-refractivity contribution < 1.29 is 5.11 Å². The summed E-state index contributed by atoms with van der Waals surface area (Å²) in [5, 5.41) is 9.26. The number of hydrogen-bond donors (Lipinski definition) is 1. The van der Waals surface area contributed by atoms with Gasteiger partial charge in [-0.2, -0.15) is 0 Å². The van der Waals surface area contributed by atoms with E-state index < -0.39 is 0 Å². The fourth-order valence-corrected chi connectivity index (χ4v) is 1.60. The lowest BCUT2D eigenvalue weighted by atomic mass is 9.93. The molecule has 1 nitrogen and oxygen atoms in total. The van der Waals surface area contributed by atoms with E-state index in [2.05, 4.69) is 26.8 Å². The fourth-order valence-electron chi connectivity index (χ4n) is 1.60. The molecular formula is C10H18O. The van der Waals surface area contributed by atoms with E-state index in [1.807, 2.05) is 0 Å². The molecule has 0 aromatic carbocycles. The number of aliphatic hydroxyl groups is 1. The van der Waals surface area contributed by atoms with Gasteiger partial charge in [-0.25, -0.2) is 0 Å². The Morgan fingerprint density at radius 2 is 2.09 bits per heavy atom. The van der Waals surface area contributed by atoms with Crippen LogP contribution in [0.1, 0.15) is 40.0 Å². The van der Waals surface area contributed by atoms with Gasteiger partial charge in [0.15, 0.2) is 0 Å². The van der Waals surface area contributed by atoms with Crippen LogP contribution in [0.2, 0.25) is 0 Å². The second kappa shape index (κ2) is 2.98. The van der Waals surface area contributed by atoms with E-state index in [0.29, 0.717) is 0 Å². The minimum absolute atomic E-state index is 0.0661. The molecule has 0 saturated heterocycles. The average molecular weight is 154 g/mol. The van der Waals surface area contributed by atoms with E-state index in [4.69, 9.17) is 0 Å². The standard InChI is InChI=1S/C10H18O/c1-10(2,3)7-8-4-5-9(11)6-8/h7,9,11H,4-6H2,1-3H3/b8-7-. The highest BCUT2D eigenvalue weighted by molar-refractivity contribution is 5.12. The molecule has 1 heteroatoms. The third-order valence-corrected chi connectivity index (χ3v) is 1.93. The van der Waals surface area contributed by atoms with Crippen molar-refractivity contribution in [3.05, 3.63) is 11.6 Å². The van der Waals surface area contributed by atoms with E-state index in [9.17, 15) is 5.11 Å². The van der Waals surface area contributed by atoms with Crippen molar-refractivity contribution in [2.75, 3.05) is 0 Å². The van der Waals surface area contributed by atoms with Gasteiger partial charge in [0.1, 0.15) is 0 Å². The molecule has 1 fully saturated rings. The third-order valence-electron chi connectivity index (χ3n) is 1.93. The summed E-state index contributed by atoms with van der Waals surface area (Å²) in [5.41, 5.74) is 1.71. The first-order valence-electron chi connectivity index (χ1n) is 4.36. The lowest BCUT2D eigenvalue weighted by Gasteiger charge is -2.13. The second-order valence-corrected chi connectivity index (χ2v) is 4.57. The molecule has 0 heterocycles. The van der Waals surface area contributed by atoms with E-state index in [0.717, 1.165) is 19.3 Å². The van der Waals surface area contributed by atoms with Crippen LogP contribution < -0.4 is 0 Å². The minimum atomic E-state index is -0.0661. The van der Waals surface area contributed by atoms with Crippen molar-refractivity contribution >= 4 is 0 Å². The Kier molecular flexibility index (Phi) is 2.38. The van der Waals surface area contributed by atoms with Gasteiger partial charge in [0.2, 0.25) is 0 Å². The van der Waals surface area contributed by atoms with Gasteiger partial charge in [-0.05, 0) is 24.7 Å². The first-order valence-corrected chi connectivity index (χ1v) is 4.36. The molecule has 1 saturated carbocycles. The van der Waals surface area contributed by atoms with Crippen molar-refractivity contribution in [1.82, 2.24) is 0 Å². The van der Waals surface area contributed by atoms with Gasteiger partial charge in [-0.1, -0.05) is 32.4 Å². The zero-order chi connectivity index (χ0) is 8.48. The highest BCUT2D eigenvalue weighted by atomic mass is 16.3. The first-order chi connectivity index (χ1) is 4.97. The summed E-state index contributed by atoms with van der Waals surface area (Å²) in [6, 6.07) is 0. The van der Waals surface area contributed by atoms with Gasteiger partial charge in [-0.3, -0.25) is 0 Å². The summed E-state index contributed by atoms with van der Waals surface area (Å²) in [7, 11) is 0. The van der Waals surface area contributed by atoms with E-state index in [1.54, 1.807) is 0 Å². The van der Waals surface area contributed by atoms with Crippen molar-refractivity contribution in [3.8, 4) is 0 Å². The Bertz CT molecular complexity index is 162. The fraction of sp³-hybridized carbons (Fsp3) is 0.800. The lowest BCUT2D eigenvalue weighted by Crippen LogP contribution is -2.01. The van der Waals surface area contributed by atoms with Crippen LogP contribution in [0.4, 0.5) is 0 Å². The van der Waals surface area contributed by atoms with Gasteiger partial charge in [-0.15, -0.1) is 0 Å². The van der Waals surface area contributed by atoms with Crippen molar-refractivity contribution in [3.63, 3.8) is 0 Å². The summed E-state index contributed by atoms with van der Waals surface area (Å²) in [4.78, 5) is 0. The zero-order valence-electron chi connectivity index (χ0n) is 7.72. The van der Waals surface area contributed by atoms with Crippen LogP contribution in [-0.2, 0) is 0 Å². The molecule has 11 heavy (non-hydrogen) atoms. The van der Waals surface area contributed by atoms with Gasteiger partial charge >= 0.3 is 0 Å². The lowest BCUT2D eigenvalue weighted by molar-refractivity contribution is 0.186. The molecule has 1 rings (SSSR count). The summed E-state index contributed by atoms with van der Waals surface area (Å²) < 4.78 is 0. The monoisotopic (exact) mass is 154 g/mol. The Hall–Kier alpha value is -0.300. The normalized spacial score (nSPS) is 29.8. The predicted molar refractivity (Wildman–Crippen MR) is 47.4 cm³/mol. The van der Waals surface area contributed by atoms with Gasteiger partial charge in [0.25, 0.3) is 0 Å². The molecule has 0 aliphatic heterocycles. The molecule has 0 spiro atoms. The molecule has 1 atom stereocenters. The zero-order valence-corrected chi connectivity index (χ0v) is 7.72. The van der Waals surface area contributed by atoms with Crippen molar-refractivity contribution in [2.45, 2.75) is 46.1 Å². The maximum atomic E-state index is 9.26. The summed E-state index contributed by atoms with van der Waals surface area (Å²) >= 11 is 0. The Labute approximate surface area is 69.1 Å². The largest absolute Gasteiger partial charge is 0.393 e. The number of hydrogen-bond acceptors (Lipinski definition) is 1. The van der Waals surface area contributed by atoms with Crippen LogP contribution in [-0.4, -0.2) is 11.2 Å². The predicted octanol–water partition coefficient (Wildman–Crippen LogP) is 2.50. The Morgan fingerprint density at radius 3 is 2.45 bits per heavy atom. The van der Waals surface area contributed by atoms with Crippen LogP contribution in [0, 0.1) is 5.41 Å². The number of rotatable bonds is 0. The Morgan fingerprint density at radius 1 is 1.45 bits per heavy atom. The molecule has 1 aliphatic rings. The highest BCUT2D eigenvalue weighted by Gasteiger charge is 2.18. The van der Waals surface area contributed by atoms with Crippen molar-refractivity contribution in [2.24, 2.45) is 5.41 Å². The molecule has 64 valence electrons. The second-order valence-electron chi connectivity index (χ2n) is 4.57. The average Bonchev–Trinajstić information content (AvgIpc) is 2.10. The minimum Gasteiger partial charge on any atom is -0.393 e. The third kappa shape index (κ3) is 3.06. The van der Waals surface area contributed by atoms with E-state index in [1.165, 1.54) is 5.57 Å². The maximum Gasteiger partial charge on any atom is 0.0580 e. The van der Waals surface area contributed by atoms with Gasteiger partial charge < -0.3 is 5.11 Å². The number of allylic oxidation sites excluding steroid dienone is 1.